The van der Waals surface area contributed by atoms with Gasteiger partial charge in [-0.1, -0.05) is 42.1 Å². The number of carbonyl (C=O) groups is 1. The van der Waals surface area contributed by atoms with Gasteiger partial charge in [-0.2, -0.15) is 0 Å². The van der Waals surface area contributed by atoms with Gasteiger partial charge in [0, 0.05) is 19.1 Å². The lowest BCUT2D eigenvalue weighted by Crippen LogP contribution is -2.43. The van der Waals surface area contributed by atoms with Gasteiger partial charge in [0.25, 0.3) is 0 Å². The predicted octanol–water partition coefficient (Wildman–Crippen LogP) is 3.87. The fourth-order valence-corrected chi connectivity index (χ4v) is 3.28. The predicted molar refractivity (Wildman–Crippen MR) is 92.7 cm³/mol. The van der Waals surface area contributed by atoms with E-state index in [1.54, 1.807) is 12.1 Å². The van der Waals surface area contributed by atoms with Crippen LogP contribution in [0.4, 0.5) is 0 Å². The highest BCUT2D eigenvalue weighted by Gasteiger charge is 2.26. The van der Waals surface area contributed by atoms with E-state index in [9.17, 15) is 4.79 Å². The zero-order chi connectivity index (χ0) is 16.1. The van der Waals surface area contributed by atoms with Gasteiger partial charge in [-0.15, -0.1) is 0 Å². The third kappa shape index (κ3) is 4.87. The summed E-state index contributed by atoms with van der Waals surface area (Å²) in [6.07, 6.45) is 5.09. The average Bonchev–Trinajstić information content (AvgIpc) is 2.97. The number of halogens is 2. The fraction of sp³-hybridized carbons (Fsp3) is 0.588. The first kappa shape index (κ1) is 17.6. The van der Waals surface area contributed by atoms with E-state index in [0.717, 1.165) is 31.5 Å². The van der Waals surface area contributed by atoms with Gasteiger partial charge in [0.2, 0.25) is 5.91 Å². The largest absolute Gasteiger partial charge is 0.338 e. The molecule has 1 saturated carbocycles. The second-order valence-electron chi connectivity index (χ2n) is 6.25. The van der Waals surface area contributed by atoms with Crippen molar-refractivity contribution in [2.24, 2.45) is 0 Å². The number of rotatable bonds is 6. The van der Waals surface area contributed by atoms with Gasteiger partial charge in [-0.05, 0) is 44.6 Å². The van der Waals surface area contributed by atoms with E-state index >= 15 is 0 Å². The Balaban J connectivity index is 2.04. The SMILES string of the molecule is CN(C)CCN(C(=O)Cc1ccc(Cl)c(Cl)c1)C1CCCC1. The van der Waals surface area contributed by atoms with Crippen LogP contribution in [0, 0.1) is 0 Å². The summed E-state index contributed by atoms with van der Waals surface area (Å²) in [5.41, 5.74) is 0.923. The smallest absolute Gasteiger partial charge is 0.227 e. The molecule has 0 aliphatic heterocycles. The van der Waals surface area contributed by atoms with Crippen molar-refractivity contribution in [2.45, 2.75) is 38.1 Å². The minimum Gasteiger partial charge on any atom is -0.338 e. The Kier molecular flexibility index (Phi) is 6.54. The molecule has 0 saturated heterocycles. The molecular weight excluding hydrogens is 319 g/mol. The molecule has 122 valence electrons. The Labute approximate surface area is 143 Å². The minimum absolute atomic E-state index is 0.187. The van der Waals surface area contributed by atoms with Crippen LogP contribution in [-0.4, -0.2) is 48.9 Å². The summed E-state index contributed by atoms with van der Waals surface area (Å²) in [7, 11) is 4.08. The molecule has 0 spiro atoms. The summed E-state index contributed by atoms with van der Waals surface area (Å²) in [5.74, 6) is 0.187. The molecule has 0 bridgehead atoms. The molecule has 1 aliphatic carbocycles. The molecule has 2 rings (SSSR count). The third-order valence-corrected chi connectivity index (χ3v) is 4.95. The average molecular weight is 343 g/mol. The molecule has 22 heavy (non-hydrogen) atoms. The molecule has 3 nitrogen and oxygen atoms in total. The lowest BCUT2D eigenvalue weighted by Gasteiger charge is -2.30. The van der Waals surface area contributed by atoms with Crippen LogP contribution in [0.3, 0.4) is 0 Å². The molecule has 5 heteroatoms. The van der Waals surface area contributed by atoms with E-state index in [4.69, 9.17) is 23.2 Å². The summed E-state index contributed by atoms with van der Waals surface area (Å²) in [6, 6.07) is 5.83. The van der Waals surface area contributed by atoms with Gasteiger partial charge < -0.3 is 9.80 Å². The highest BCUT2D eigenvalue weighted by atomic mass is 35.5. The van der Waals surface area contributed by atoms with Crippen LogP contribution < -0.4 is 0 Å². The first-order chi connectivity index (χ1) is 10.5. The number of hydrogen-bond acceptors (Lipinski definition) is 2. The maximum absolute atomic E-state index is 12.7. The number of carbonyl (C=O) groups excluding carboxylic acids is 1. The normalized spacial score (nSPS) is 15.5. The molecule has 1 aliphatic rings. The number of hydrogen-bond donors (Lipinski definition) is 0. The molecule has 0 radical (unpaired) electrons. The summed E-state index contributed by atoms with van der Waals surface area (Å²) >= 11 is 12.0. The van der Waals surface area contributed by atoms with Gasteiger partial charge in [0.1, 0.15) is 0 Å². The monoisotopic (exact) mass is 342 g/mol. The standard InChI is InChI=1S/C17H24Cl2N2O/c1-20(2)9-10-21(14-5-3-4-6-14)17(22)12-13-7-8-15(18)16(19)11-13/h7-8,11,14H,3-6,9-10,12H2,1-2H3. The Morgan fingerprint density at radius 3 is 2.41 bits per heavy atom. The lowest BCUT2D eigenvalue weighted by molar-refractivity contribution is -0.132. The van der Waals surface area contributed by atoms with Gasteiger partial charge in [0.05, 0.1) is 16.5 Å². The summed E-state index contributed by atoms with van der Waals surface area (Å²) in [4.78, 5) is 16.9. The van der Waals surface area contributed by atoms with Crippen LogP contribution in [0.1, 0.15) is 31.2 Å². The van der Waals surface area contributed by atoms with Crippen LogP contribution in [0.15, 0.2) is 18.2 Å². The topological polar surface area (TPSA) is 23.6 Å². The van der Waals surface area contributed by atoms with Crippen molar-refractivity contribution in [3.05, 3.63) is 33.8 Å². The fourth-order valence-electron chi connectivity index (χ4n) is 2.96. The van der Waals surface area contributed by atoms with Crippen molar-refractivity contribution in [3.63, 3.8) is 0 Å². The van der Waals surface area contributed by atoms with Crippen molar-refractivity contribution in [2.75, 3.05) is 27.2 Å². The quantitative estimate of drug-likeness (QED) is 0.783. The summed E-state index contributed by atoms with van der Waals surface area (Å²) in [5, 5.41) is 1.03. The zero-order valence-electron chi connectivity index (χ0n) is 13.3. The molecular formula is C17H24Cl2N2O. The van der Waals surface area contributed by atoms with E-state index in [0.29, 0.717) is 22.5 Å². The summed E-state index contributed by atoms with van der Waals surface area (Å²) < 4.78 is 0. The molecule has 1 fully saturated rings. The van der Waals surface area contributed by atoms with E-state index in [2.05, 4.69) is 9.80 Å². The van der Waals surface area contributed by atoms with Crippen molar-refractivity contribution in [3.8, 4) is 0 Å². The molecule has 0 atom stereocenters. The number of benzene rings is 1. The molecule has 0 heterocycles. The first-order valence-electron chi connectivity index (χ1n) is 7.85. The maximum atomic E-state index is 12.7. The van der Waals surface area contributed by atoms with Crippen LogP contribution in [-0.2, 0) is 11.2 Å². The van der Waals surface area contributed by atoms with E-state index in [1.165, 1.54) is 12.8 Å². The van der Waals surface area contributed by atoms with Gasteiger partial charge in [-0.3, -0.25) is 4.79 Å². The Morgan fingerprint density at radius 2 is 1.82 bits per heavy atom. The molecule has 1 aromatic carbocycles. The van der Waals surface area contributed by atoms with Gasteiger partial charge >= 0.3 is 0 Å². The number of nitrogens with zero attached hydrogens (tertiary/aromatic N) is 2. The van der Waals surface area contributed by atoms with Crippen molar-refractivity contribution < 1.29 is 4.79 Å². The number of amides is 1. The Morgan fingerprint density at radius 1 is 1.14 bits per heavy atom. The second kappa shape index (κ2) is 8.19. The van der Waals surface area contributed by atoms with Crippen LogP contribution >= 0.6 is 23.2 Å². The van der Waals surface area contributed by atoms with E-state index < -0.39 is 0 Å². The molecule has 1 aromatic rings. The van der Waals surface area contributed by atoms with Gasteiger partial charge in [-0.25, -0.2) is 0 Å². The molecule has 0 N–H and O–H groups in total. The maximum Gasteiger partial charge on any atom is 0.227 e. The Hall–Kier alpha value is -0.770. The minimum atomic E-state index is 0.187. The van der Waals surface area contributed by atoms with Crippen LogP contribution in [0.2, 0.25) is 10.0 Å². The van der Waals surface area contributed by atoms with Crippen molar-refractivity contribution in [1.29, 1.82) is 0 Å². The van der Waals surface area contributed by atoms with E-state index in [-0.39, 0.29) is 5.91 Å². The van der Waals surface area contributed by atoms with E-state index in [1.807, 2.05) is 20.2 Å². The second-order valence-corrected chi connectivity index (χ2v) is 7.07. The highest BCUT2D eigenvalue weighted by Crippen LogP contribution is 2.26. The third-order valence-electron chi connectivity index (χ3n) is 4.21. The van der Waals surface area contributed by atoms with Crippen LogP contribution in [0.5, 0.6) is 0 Å². The molecule has 0 aromatic heterocycles. The van der Waals surface area contributed by atoms with Crippen LogP contribution in [0.25, 0.3) is 0 Å². The lowest BCUT2D eigenvalue weighted by atomic mass is 10.1. The molecule has 1 amide bonds. The van der Waals surface area contributed by atoms with Gasteiger partial charge in [0.15, 0.2) is 0 Å². The first-order valence-corrected chi connectivity index (χ1v) is 8.61. The van der Waals surface area contributed by atoms with Crippen molar-refractivity contribution in [1.82, 2.24) is 9.80 Å². The molecule has 0 unspecified atom stereocenters. The highest BCUT2D eigenvalue weighted by molar-refractivity contribution is 6.42. The van der Waals surface area contributed by atoms with Crippen molar-refractivity contribution >= 4 is 29.1 Å². The zero-order valence-corrected chi connectivity index (χ0v) is 14.8. The summed E-state index contributed by atoms with van der Waals surface area (Å²) in [6.45, 7) is 1.68. The number of likely N-dealkylation sites (N-methyl/N-ethyl adjacent to an activating group) is 1. The Bertz CT molecular complexity index is 513.